The van der Waals surface area contributed by atoms with E-state index in [-0.39, 0.29) is 16.7 Å². The van der Waals surface area contributed by atoms with E-state index in [1.165, 1.54) is 19.2 Å². The lowest BCUT2D eigenvalue weighted by Crippen LogP contribution is -2.49. The molecule has 3 rings (SSSR count). The summed E-state index contributed by atoms with van der Waals surface area (Å²) < 4.78 is 35.5. The van der Waals surface area contributed by atoms with Gasteiger partial charge in [0.2, 0.25) is 15.9 Å². The predicted octanol–water partition coefficient (Wildman–Crippen LogP) is 3.46. The van der Waals surface area contributed by atoms with Crippen LogP contribution in [0.5, 0.6) is 5.75 Å². The van der Waals surface area contributed by atoms with Crippen molar-refractivity contribution in [2.24, 2.45) is 5.92 Å². The molecular weight excluding hydrogens is 452 g/mol. The third kappa shape index (κ3) is 5.48. The Bertz CT molecular complexity index is 1240. The zero-order chi connectivity index (χ0) is 25.0. The van der Waals surface area contributed by atoms with Crippen LogP contribution in [0.3, 0.4) is 0 Å². The largest absolute Gasteiger partial charge is 0.497 e. The number of para-hydroxylation sites is 1. The number of likely N-dealkylation sites (N-methyl/N-ethyl adjacent to an activating group) is 1. The number of rotatable bonds is 9. The molecule has 182 valence electrons. The van der Waals surface area contributed by atoms with Gasteiger partial charge in [0.05, 0.1) is 23.4 Å². The normalized spacial score (nSPS) is 12.6. The van der Waals surface area contributed by atoms with E-state index in [4.69, 9.17) is 4.74 Å². The van der Waals surface area contributed by atoms with E-state index in [0.29, 0.717) is 12.3 Å². The number of hydrogen-bond acceptors (Lipinski definition) is 5. The molecule has 34 heavy (non-hydrogen) atoms. The van der Waals surface area contributed by atoms with Crippen LogP contribution in [-0.4, -0.2) is 49.2 Å². The molecule has 0 aliphatic carbocycles. The highest BCUT2D eigenvalue weighted by Gasteiger charge is 2.31. The standard InChI is InChI=1S/C25H32N4O4S/c1-17(2)24(27-34(31,32)22-14-12-21(33-6)13-15-22)25(30)28(5)16-23-18(3)26-29(19(23)4)20-10-8-7-9-11-20/h7-15,17,24,27H,16H2,1-6H3/t24-/m0/s1. The molecule has 1 N–H and O–H groups in total. The minimum atomic E-state index is -3.90. The average Bonchev–Trinajstić information content (AvgIpc) is 3.10. The van der Waals surface area contributed by atoms with Crippen molar-refractivity contribution in [1.82, 2.24) is 19.4 Å². The Labute approximate surface area is 201 Å². The molecule has 0 aliphatic rings. The number of hydrogen-bond donors (Lipinski definition) is 1. The fourth-order valence-electron chi connectivity index (χ4n) is 3.74. The van der Waals surface area contributed by atoms with Crippen LogP contribution in [0, 0.1) is 19.8 Å². The summed E-state index contributed by atoms with van der Waals surface area (Å²) in [5.74, 6) is -0.00693. The predicted molar refractivity (Wildman–Crippen MR) is 131 cm³/mol. The van der Waals surface area contributed by atoms with E-state index in [0.717, 1.165) is 22.6 Å². The number of benzene rings is 2. The highest BCUT2D eigenvalue weighted by atomic mass is 32.2. The number of amides is 1. The minimum absolute atomic E-state index is 0.0743. The fraction of sp³-hybridized carbons (Fsp3) is 0.360. The summed E-state index contributed by atoms with van der Waals surface area (Å²) in [6.45, 7) is 7.82. The van der Waals surface area contributed by atoms with Gasteiger partial charge in [0.25, 0.3) is 0 Å². The average molecular weight is 485 g/mol. The van der Waals surface area contributed by atoms with Crippen molar-refractivity contribution in [3.05, 3.63) is 71.5 Å². The monoisotopic (exact) mass is 484 g/mol. The van der Waals surface area contributed by atoms with Crippen molar-refractivity contribution >= 4 is 15.9 Å². The minimum Gasteiger partial charge on any atom is -0.497 e. The molecule has 0 aliphatic heterocycles. The van der Waals surface area contributed by atoms with Gasteiger partial charge in [-0.15, -0.1) is 0 Å². The van der Waals surface area contributed by atoms with Crippen LogP contribution in [0.1, 0.15) is 30.8 Å². The summed E-state index contributed by atoms with van der Waals surface area (Å²) in [7, 11) is -0.708. The van der Waals surface area contributed by atoms with Crippen LogP contribution in [0.2, 0.25) is 0 Å². The van der Waals surface area contributed by atoms with Crippen LogP contribution in [-0.2, 0) is 21.4 Å². The molecule has 0 saturated carbocycles. The van der Waals surface area contributed by atoms with Crippen LogP contribution < -0.4 is 9.46 Å². The van der Waals surface area contributed by atoms with E-state index in [2.05, 4.69) is 9.82 Å². The van der Waals surface area contributed by atoms with Crippen molar-refractivity contribution in [2.45, 2.75) is 45.2 Å². The zero-order valence-corrected chi connectivity index (χ0v) is 21.3. The fourth-order valence-corrected chi connectivity index (χ4v) is 5.08. The Morgan fingerprint density at radius 3 is 2.26 bits per heavy atom. The van der Waals surface area contributed by atoms with E-state index in [1.807, 2.05) is 62.7 Å². The van der Waals surface area contributed by atoms with Crippen molar-refractivity contribution in [3.63, 3.8) is 0 Å². The first-order valence-corrected chi connectivity index (χ1v) is 12.6. The van der Waals surface area contributed by atoms with Crippen molar-refractivity contribution in [1.29, 1.82) is 0 Å². The number of aromatic nitrogens is 2. The summed E-state index contributed by atoms with van der Waals surface area (Å²) in [5.41, 5.74) is 3.63. The Morgan fingerprint density at radius 1 is 1.09 bits per heavy atom. The van der Waals surface area contributed by atoms with Gasteiger partial charge < -0.3 is 9.64 Å². The lowest BCUT2D eigenvalue weighted by Gasteiger charge is -2.27. The van der Waals surface area contributed by atoms with Gasteiger partial charge in [0.15, 0.2) is 0 Å². The van der Waals surface area contributed by atoms with Crippen LogP contribution >= 0.6 is 0 Å². The second kappa shape index (κ2) is 10.4. The first kappa shape index (κ1) is 25.5. The Morgan fingerprint density at radius 2 is 1.71 bits per heavy atom. The van der Waals surface area contributed by atoms with E-state index >= 15 is 0 Å². The number of nitrogens with one attached hydrogen (secondary N) is 1. The second-order valence-corrected chi connectivity index (χ2v) is 10.3. The van der Waals surface area contributed by atoms with Crippen LogP contribution in [0.15, 0.2) is 59.5 Å². The lowest BCUT2D eigenvalue weighted by molar-refractivity contribution is -0.133. The first-order valence-electron chi connectivity index (χ1n) is 11.1. The molecule has 1 amide bonds. The van der Waals surface area contributed by atoms with Crippen LogP contribution in [0.4, 0.5) is 0 Å². The van der Waals surface area contributed by atoms with Crippen molar-refractivity contribution in [3.8, 4) is 11.4 Å². The maximum absolute atomic E-state index is 13.3. The van der Waals surface area contributed by atoms with Gasteiger partial charge in [-0.1, -0.05) is 32.0 Å². The summed E-state index contributed by atoms with van der Waals surface area (Å²) >= 11 is 0. The Balaban J connectivity index is 1.80. The third-order valence-electron chi connectivity index (χ3n) is 5.80. The highest BCUT2D eigenvalue weighted by molar-refractivity contribution is 7.89. The van der Waals surface area contributed by atoms with Gasteiger partial charge in [-0.25, -0.2) is 13.1 Å². The van der Waals surface area contributed by atoms with E-state index < -0.39 is 16.1 Å². The number of ether oxygens (including phenoxy) is 1. The highest BCUT2D eigenvalue weighted by Crippen LogP contribution is 2.21. The number of methoxy groups -OCH3 is 1. The quantitative estimate of drug-likeness (QED) is 0.502. The number of carbonyl (C=O) groups is 1. The molecule has 1 heterocycles. The van der Waals surface area contributed by atoms with Gasteiger partial charge >= 0.3 is 0 Å². The molecule has 9 heteroatoms. The number of carbonyl (C=O) groups excluding carboxylic acids is 1. The maximum Gasteiger partial charge on any atom is 0.241 e. The van der Waals surface area contributed by atoms with E-state index in [1.54, 1.807) is 24.1 Å². The topological polar surface area (TPSA) is 93.5 Å². The Kier molecular flexibility index (Phi) is 7.78. The molecule has 0 spiro atoms. The Hall–Kier alpha value is -3.17. The molecule has 8 nitrogen and oxygen atoms in total. The summed E-state index contributed by atoms with van der Waals surface area (Å²) in [6, 6.07) is 14.9. The number of nitrogens with zero attached hydrogens (tertiary/aromatic N) is 3. The van der Waals surface area contributed by atoms with E-state index in [9.17, 15) is 13.2 Å². The lowest BCUT2D eigenvalue weighted by atomic mass is 10.0. The molecule has 1 atom stereocenters. The molecule has 3 aromatic rings. The van der Waals surface area contributed by atoms with Crippen molar-refractivity contribution < 1.29 is 17.9 Å². The number of sulfonamides is 1. The zero-order valence-electron chi connectivity index (χ0n) is 20.4. The summed E-state index contributed by atoms with van der Waals surface area (Å²) in [5, 5.41) is 4.64. The van der Waals surface area contributed by atoms with Gasteiger partial charge in [-0.2, -0.15) is 9.82 Å². The molecular formula is C25H32N4O4S. The smallest absolute Gasteiger partial charge is 0.241 e. The molecule has 0 radical (unpaired) electrons. The second-order valence-electron chi connectivity index (χ2n) is 8.61. The molecule has 0 bridgehead atoms. The maximum atomic E-state index is 13.3. The SMILES string of the molecule is COc1ccc(S(=O)(=O)N[C@H](C(=O)N(C)Cc2c(C)nn(-c3ccccc3)c2C)C(C)C)cc1. The molecule has 0 saturated heterocycles. The van der Waals surface area contributed by atoms with Gasteiger partial charge in [-0.05, 0) is 56.2 Å². The summed E-state index contributed by atoms with van der Waals surface area (Å²) in [4.78, 5) is 15.0. The first-order chi connectivity index (χ1) is 16.0. The molecule has 2 aromatic carbocycles. The number of aryl methyl sites for hydroxylation is 1. The van der Waals surface area contributed by atoms with Gasteiger partial charge in [-0.3, -0.25) is 4.79 Å². The van der Waals surface area contributed by atoms with Crippen LogP contribution in [0.25, 0.3) is 5.69 Å². The third-order valence-corrected chi connectivity index (χ3v) is 7.26. The van der Waals surface area contributed by atoms with Gasteiger partial charge in [0.1, 0.15) is 11.8 Å². The van der Waals surface area contributed by atoms with Crippen molar-refractivity contribution in [2.75, 3.05) is 14.2 Å². The van der Waals surface area contributed by atoms with Gasteiger partial charge in [0, 0.05) is 24.8 Å². The summed E-state index contributed by atoms with van der Waals surface area (Å²) in [6.07, 6.45) is 0. The molecule has 0 unspecified atom stereocenters. The molecule has 0 fully saturated rings. The molecule has 1 aromatic heterocycles.